The highest BCUT2D eigenvalue weighted by Crippen LogP contribution is 2.40. The lowest BCUT2D eigenvalue weighted by molar-refractivity contribution is 0.191. The van der Waals surface area contributed by atoms with Gasteiger partial charge in [0, 0.05) is 0 Å². The minimum Gasteiger partial charge on any atom is -0.493 e. The van der Waals surface area contributed by atoms with Gasteiger partial charge in [-0.15, -0.1) is 0 Å². The Bertz CT molecular complexity index is 688. The van der Waals surface area contributed by atoms with E-state index in [1.165, 1.54) is 0 Å². The topological polar surface area (TPSA) is 95.8 Å². The Morgan fingerprint density at radius 3 is 1.10 bits per heavy atom. The molecule has 0 saturated heterocycles. The van der Waals surface area contributed by atoms with E-state index in [1.807, 2.05) is 24.3 Å². The third-order valence-electron chi connectivity index (χ3n) is 4.42. The first-order chi connectivity index (χ1) is 14.6. The second-order valence-corrected chi connectivity index (χ2v) is 6.30. The molecule has 0 heterocycles. The standard InChI is InChI=1S/C22H30O8/c1-25-17-11-15(12-18(26-2)21(17)29-9-7-23)5-6-16-13-19(27-3)22(30-10-8-24)20(14-16)28-4/h11-14,23-24H,5-10H2,1-4H3. The van der Waals surface area contributed by atoms with Gasteiger partial charge in [-0.2, -0.15) is 0 Å². The summed E-state index contributed by atoms with van der Waals surface area (Å²) in [6.45, 7) is 0.0954. The predicted molar refractivity (Wildman–Crippen MR) is 112 cm³/mol. The Morgan fingerprint density at radius 1 is 0.567 bits per heavy atom. The van der Waals surface area contributed by atoms with Gasteiger partial charge in [0.05, 0.1) is 41.7 Å². The summed E-state index contributed by atoms with van der Waals surface area (Å²) in [4.78, 5) is 0. The number of methoxy groups -OCH3 is 4. The minimum absolute atomic E-state index is 0.101. The van der Waals surface area contributed by atoms with Crippen LogP contribution >= 0.6 is 0 Å². The van der Waals surface area contributed by atoms with Crippen LogP contribution in [0, 0.1) is 0 Å². The summed E-state index contributed by atoms with van der Waals surface area (Å²) in [5.41, 5.74) is 2.00. The molecule has 166 valence electrons. The van der Waals surface area contributed by atoms with Crippen LogP contribution in [-0.2, 0) is 12.8 Å². The number of ether oxygens (including phenoxy) is 6. The van der Waals surface area contributed by atoms with Crippen molar-refractivity contribution in [1.82, 2.24) is 0 Å². The van der Waals surface area contributed by atoms with E-state index in [4.69, 9.17) is 38.6 Å². The van der Waals surface area contributed by atoms with Gasteiger partial charge in [0.25, 0.3) is 0 Å². The van der Waals surface area contributed by atoms with Gasteiger partial charge in [0.1, 0.15) is 13.2 Å². The Labute approximate surface area is 176 Å². The average Bonchev–Trinajstić information content (AvgIpc) is 2.79. The smallest absolute Gasteiger partial charge is 0.203 e. The molecule has 0 amide bonds. The summed E-state index contributed by atoms with van der Waals surface area (Å²) in [6, 6.07) is 7.57. The summed E-state index contributed by atoms with van der Waals surface area (Å²) in [5.74, 6) is 3.10. The number of hydrogen-bond donors (Lipinski definition) is 2. The van der Waals surface area contributed by atoms with Gasteiger partial charge >= 0.3 is 0 Å². The van der Waals surface area contributed by atoms with Gasteiger partial charge in [-0.25, -0.2) is 0 Å². The van der Waals surface area contributed by atoms with Crippen molar-refractivity contribution in [2.75, 3.05) is 54.9 Å². The predicted octanol–water partition coefficient (Wildman–Crippen LogP) is 2.25. The van der Waals surface area contributed by atoms with Gasteiger partial charge < -0.3 is 38.6 Å². The van der Waals surface area contributed by atoms with E-state index in [1.54, 1.807) is 28.4 Å². The maximum absolute atomic E-state index is 9.02. The van der Waals surface area contributed by atoms with Crippen molar-refractivity contribution in [2.24, 2.45) is 0 Å². The summed E-state index contributed by atoms with van der Waals surface area (Å²) in [5, 5.41) is 18.0. The van der Waals surface area contributed by atoms with Crippen molar-refractivity contribution >= 4 is 0 Å². The summed E-state index contributed by atoms with van der Waals surface area (Å²) < 4.78 is 32.9. The van der Waals surface area contributed by atoms with Crippen LogP contribution in [0.3, 0.4) is 0 Å². The molecule has 8 nitrogen and oxygen atoms in total. The van der Waals surface area contributed by atoms with E-state index in [9.17, 15) is 0 Å². The monoisotopic (exact) mass is 422 g/mol. The van der Waals surface area contributed by atoms with Gasteiger partial charge in [0.15, 0.2) is 23.0 Å². The lowest BCUT2D eigenvalue weighted by atomic mass is 10.0. The van der Waals surface area contributed by atoms with Crippen molar-refractivity contribution in [3.8, 4) is 34.5 Å². The number of hydrogen-bond acceptors (Lipinski definition) is 8. The molecule has 0 fully saturated rings. The van der Waals surface area contributed by atoms with Crippen LogP contribution in [0.2, 0.25) is 0 Å². The molecule has 2 rings (SSSR count). The van der Waals surface area contributed by atoms with Crippen molar-refractivity contribution in [1.29, 1.82) is 0 Å². The molecule has 2 N–H and O–H groups in total. The number of aliphatic hydroxyl groups excluding tert-OH is 2. The largest absolute Gasteiger partial charge is 0.493 e. The van der Waals surface area contributed by atoms with Gasteiger partial charge in [-0.1, -0.05) is 0 Å². The first-order valence-electron chi connectivity index (χ1n) is 9.58. The van der Waals surface area contributed by atoms with Crippen LogP contribution in [-0.4, -0.2) is 65.1 Å². The maximum Gasteiger partial charge on any atom is 0.203 e. The molecule has 30 heavy (non-hydrogen) atoms. The van der Waals surface area contributed by atoms with Crippen LogP contribution in [0.4, 0.5) is 0 Å². The number of benzene rings is 2. The molecule has 2 aromatic rings. The third-order valence-corrected chi connectivity index (χ3v) is 4.42. The Kier molecular flexibility index (Phi) is 9.37. The highest BCUT2D eigenvalue weighted by Gasteiger charge is 2.16. The molecule has 0 radical (unpaired) electrons. The number of rotatable bonds is 13. The Hall–Kier alpha value is -2.84. The second kappa shape index (κ2) is 12.0. The first-order valence-corrected chi connectivity index (χ1v) is 9.58. The summed E-state index contributed by atoms with van der Waals surface area (Å²) in [7, 11) is 6.24. The van der Waals surface area contributed by atoms with Crippen molar-refractivity contribution in [2.45, 2.75) is 12.8 Å². The lowest BCUT2D eigenvalue weighted by Gasteiger charge is -2.17. The highest BCUT2D eigenvalue weighted by atomic mass is 16.5. The molecule has 0 aromatic heterocycles. The van der Waals surface area contributed by atoms with Crippen LogP contribution in [0.25, 0.3) is 0 Å². The summed E-state index contributed by atoms with van der Waals surface area (Å²) >= 11 is 0. The fourth-order valence-corrected chi connectivity index (χ4v) is 3.03. The van der Waals surface area contributed by atoms with E-state index in [0.717, 1.165) is 11.1 Å². The van der Waals surface area contributed by atoms with E-state index < -0.39 is 0 Å². The third kappa shape index (κ3) is 5.84. The molecule has 2 aromatic carbocycles. The second-order valence-electron chi connectivity index (χ2n) is 6.30. The SMILES string of the molecule is COc1cc(CCc2cc(OC)c(OCCO)c(OC)c2)cc(OC)c1OCCO. The van der Waals surface area contributed by atoms with E-state index in [-0.39, 0.29) is 26.4 Å². The molecular weight excluding hydrogens is 392 g/mol. The highest BCUT2D eigenvalue weighted by molar-refractivity contribution is 5.55. The molecule has 0 saturated carbocycles. The molecular formula is C22H30O8. The number of aryl methyl sites for hydroxylation is 2. The molecule has 0 bridgehead atoms. The fraction of sp³-hybridized carbons (Fsp3) is 0.455. The zero-order valence-corrected chi connectivity index (χ0v) is 17.9. The molecule has 0 aliphatic carbocycles. The quantitative estimate of drug-likeness (QED) is 0.508. The average molecular weight is 422 g/mol. The van der Waals surface area contributed by atoms with E-state index in [2.05, 4.69) is 0 Å². The zero-order valence-electron chi connectivity index (χ0n) is 17.9. The molecule has 0 spiro atoms. The van der Waals surface area contributed by atoms with Crippen molar-refractivity contribution in [3.63, 3.8) is 0 Å². The minimum atomic E-state index is -0.101. The Balaban J connectivity index is 2.25. The van der Waals surface area contributed by atoms with Crippen LogP contribution in [0.15, 0.2) is 24.3 Å². The molecule has 0 unspecified atom stereocenters. The Morgan fingerprint density at radius 2 is 0.867 bits per heavy atom. The number of aliphatic hydroxyl groups is 2. The van der Waals surface area contributed by atoms with Gasteiger partial charge in [0.2, 0.25) is 11.5 Å². The molecule has 0 aliphatic heterocycles. The normalized spacial score (nSPS) is 10.5. The van der Waals surface area contributed by atoms with Crippen molar-refractivity contribution < 1.29 is 38.6 Å². The van der Waals surface area contributed by atoms with Crippen LogP contribution in [0.5, 0.6) is 34.5 Å². The van der Waals surface area contributed by atoms with Crippen molar-refractivity contribution in [3.05, 3.63) is 35.4 Å². The van der Waals surface area contributed by atoms with E-state index >= 15 is 0 Å². The first kappa shape index (κ1) is 23.4. The molecule has 8 heteroatoms. The lowest BCUT2D eigenvalue weighted by Crippen LogP contribution is -2.06. The molecule has 0 atom stereocenters. The van der Waals surface area contributed by atoms with Crippen LogP contribution in [0.1, 0.15) is 11.1 Å². The summed E-state index contributed by atoms with van der Waals surface area (Å²) in [6.07, 6.45) is 1.41. The maximum atomic E-state index is 9.02. The zero-order chi connectivity index (χ0) is 21.9. The van der Waals surface area contributed by atoms with Gasteiger partial charge in [-0.3, -0.25) is 0 Å². The van der Waals surface area contributed by atoms with E-state index in [0.29, 0.717) is 47.3 Å². The van der Waals surface area contributed by atoms with Gasteiger partial charge in [-0.05, 0) is 48.2 Å². The van der Waals surface area contributed by atoms with Crippen LogP contribution < -0.4 is 28.4 Å². The molecule has 0 aliphatic rings. The fourth-order valence-electron chi connectivity index (χ4n) is 3.03.